The molecule has 0 spiro atoms. The molecule has 0 aliphatic carbocycles. The molecule has 0 radical (unpaired) electrons. The summed E-state index contributed by atoms with van der Waals surface area (Å²) >= 11 is 0. The second-order valence-corrected chi connectivity index (χ2v) is 9.17. The number of primary amides is 1. The fraction of sp³-hybridized carbons (Fsp3) is 0.0645. The van der Waals surface area contributed by atoms with Gasteiger partial charge in [-0.25, -0.2) is 9.37 Å². The topological polar surface area (TPSA) is 103 Å². The fourth-order valence-electron chi connectivity index (χ4n) is 4.62. The lowest BCUT2D eigenvalue weighted by atomic mass is 10.1. The number of halogens is 1. The van der Waals surface area contributed by atoms with E-state index in [2.05, 4.69) is 5.32 Å². The van der Waals surface area contributed by atoms with Gasteiger partial charge in [0.2, 0.25) is 11.9 Å². The third-order valence-corrected chi connectivity index (χ3v) is 6.64. The largest absolute Gasteiger partial charge is 0.456 e. The minimum absolute atomic E-state index is 0.217. The van der Waals surface area contributed by atoms with Gasteiger partial charge >= 0.3 is 0 Å². The van der Waals surface area contributed by atoms with Crippen LogP contribution >= 0.6 is 0 Å². The van der Waals surface area contributed by atoms with Crippen molar-refractivity contribution in [3.05, 3.63) is 124 Å². The zero-order valence-corrected chi connectivity index (χ0v) is 20.7. The number of aromatic nitrogens is 2. The van der Waals surface area contributed by atoms with Crippen LogP contribution in [0.1, 0.15) is 15.9 Å². The number of carbonyl (C=O) groups excluding carboxylic acids is 1. The standard InChI is InChI=1S/C31H23FN4O3/c32-24-9-5-4-6-19(24)14-15-36-26-17-29-23(16-25(26)35-31(36)34-22-7-2-1-3-8-22)27(37)18-28(39-29)20-10-12-21(13-11-20)30(33)38/h1-13,16-18H,14-15H2,(H2,33,38)(H,34,35). The van der Waals surface area contributed by atoms with Crippen molar-refractivity contribution in [2.24, 2.45) is 5.73 Å². The second-order valence-electron chi connectivity index (χ2n) is 9.17. The highest BCUT2D eigenvalue weighted by Crippen LogP contribution is 2.29. The molecule has 3 N–H and O–H groups in total. The summed E-state index contributed by atoms with van der Waals surface area (Å²) in [5.74, 6) is 0.135. The predicted octanol–water partition coefficient (Wildman–Crippen LogP) is 6.03. The summed E-state index contributed by atoms with van der Waals surface area (Å²) in [4.78, 5) is 29.3. The predicted molar refractivity (Wildman–Crippen MR) is 150 cm³/mol. The van der Waals surface area contributed by atoms with Gasteiger partial charge in [-0.3, -0.25) is 9.59 Å². The number of fused-ring (bicyclic) bond motifs is 2. The van der Waals surface area contributed by atoms with E-state index in [1.165, 1.54) is 12.1 Å². The molecule has 0 aliphatic heterocycles. The van der Waals surface area contributed by atoms with Crippen LogP contribution in [0.3, 0.4) is 0 Å². The number of hydrogen-bond donors (Lipinski definition) is 2. The van der Waals surface area contributed by atoms with Crippen molar-refractivity contribution >= 4 is 39.5 Å². The van der Waals surface area contributed by atoms with Crippen LogP contribution in [0.25, 0.3) is 33.3 Å². The van der Waals surface area contributed by atoms with E-state index in [-0.39, 0.29) is 11.2 Å². The molecule has 192 valence electrons. The number of rotatable bonds is 7. The first kappa shape index (κ1) is 24.1. The van der Waals surface area contributed by atoms with Gasteiger partial charge in [0.25, 0.3) is 0 Å². The molecule has 6 aromatic rings. The van der Waals surface area contributed by atoms with E-state index in [1.807, 2.05) is 41.0 Å². The molecule has 0 aliphatic rings. The monoisotopic (exact) mass is 518 g/mol. The van der Waals surface area contributed by atoms with Crippen LogP contribution in [0.4, 0.5) is 16.0 Å². The van der Waals surface area contributed by atoms with Gasteiger partial charge < -0.3 is 20.0 Å². The van der Waals surface area contributed by atoms with E-state index < -0.39 is 5.91 Å². The summed E-state index contributed by atoms with van der Waals surface area (Å²) in [5, 5.41) is 3.74. The van der Waals surface area contributed by atoms with Crippen molar-refractivity contribution in [1.82, 2.24) is 9.55 Å². The lowest BCUT2D eigenvalue weighted by Crippen LogP contribution is -2.10. The number of benzene rings is 4. The van der Waals surface area contributed by atoms with Crippen molar-refractivity contribution in [1.29, 1.82) is 0 Å². The van der Waals surface area contributed by atoms with E-state index >= 15 is 0 Å². The number of nitrogens with one attached hydrogen (secondary N) is 1. The molecule has 2 heterocycles. The van der Waals surface area contributed by atoms with Gasteiger partial charge in [-0.05, 0) is 48.4 Å². The van der Waals surface area contributed by atoms with Crippen LogP contribution in [-0.4, -0.2) is 15.5 Å². The Morgan fingerprint density at radius 1 is 0.949 bits per heavy atom. The lowest BCUT2D eigenvalue weighted by Gasteiger charge is -2.12. The summed E-state index contributed by atoms with van der Waals surface area (Å²) in [6.45, 7) is 0.441. The fourth-order valence-corrected chi connectivity index (χ4v) is 4.62. The van der Waals surface area contributed by atoms with E-state index in [0.717, 1.165) is 11.2 Å². The number of imidazole rings is 1. The molecule has 0 saturated heterocycles. The first-order chi connectivity index (χ1) is 19.0. The number of nitrogens with two attached hydrogens (primary N) is 1. The van der Waals surface area contributed by atoms with Crippen molar-refractivity contribution in [2.75, 3.05) is 5.32 Å². The zero-order chi connectivity index (χ0) is 26.9. The van der Waals surface area contributed by atoms with Crippen molar-refractivity contribution in [3.8, 4) is 11.3 Å². The van der Waals surface area contributed by atoms with Crippen LogP contribution in [0.15, 0.2) is 106 Å². The Hall–Kier alpha value is -5.24. The van der Waals surface area contributed by atoms with Crippen LogP contribution in [0, 0.1) is 5.82 Å². The number of anilines is 2. The van der Waals surface area contributed by atoms with Crippen molar-refractivity contribution in [3.63, 3.8) is 0 Å². The first-order valence-corrected chi connectivity index (χ1v) is 12.4. The van der Waals surface area contributed by atoms with Crippen LogP contribution in [0.2, 0.25) is 0 Å². The van der Waals surface area contributed by atoms with Gasteiger partial charge in [0, 0.05) is 35.5 Å². The molecule has 0 bridgehead atoms. The van der Waals surface area contributed by atoms with Gasteiger partial charge in [0.15, 0.2) is 5.43 Å². The van der Waals surface area contributed by atoms with Gasteiger partial charge in [-0.1, -0.05) is 48.5 Å². The smallest absolute Gasteiger partial charge is 0.248 e. The van der Waals surface area contributed by atoms with Gasteiger partial charge in [0.1, 0.15) is 17.2 Å². The van der Waals surface area contributed by atoms with Crippen LogP contribution in [-0.2, 0) is 13.0 Å². The van der Waals surface area contributed by atoms with Gasteiger partial charge in [0.05, 0.1) is 16.4 Å². The zero-order valence-electron chi connectivity index (χ0n) is 20.7. The van der Waals surface area contributed by atoms with Crippen molar-refractivity contribution in [2.45, 2.75) is 13.0 Å². The highest BCUT2D eigenvalue weighted by atomic mass is 19.1. The Labute approximate surface area is 222 Å². The third kappa shape index (κ3) is 4.75. The maximum absolute atomic E-state index is 14.4. The summed E-state index contributed by atoms with van der Waals surface area (Å²) in [6, 6.07) is 27.8. The number of amides is 1. The molecule has 0 atom stereocenters. The summed E-state index contributed by atoms with van der Waals surface area (Å²) < 4.78 is 22.5. The average Bonchev–Trinajstić information content (AvgIpc) is 3.27. The Balaban J connectivity index is 1.47. The summed E-state index contributed by atoms with van der Waals surface area (Å²) in [7, 11) is 0. The Morgan fingerprint density at radius 3 is 2.44 bits per heavy atom. The average molecular weight is 519 g/mol. The van der Waals surface area contributed by atoms with E-state index in [1.54, 1.807) is 48.5 Å². The molecule has 39 heavy (non-hydrogen) atoms. The SMILES string of the molecule is NC(=O)c1ccc(-c2cc(=O)c3cc4nc(Nc5ccccc5)n(CCc5ccccc5F)c4cc3o2)cc1. The minimum Gasteiger partial charge on any atom is -0.456 e. The third-order valence-electron chi connectivity index (χ3n) is 6.64. The minimum atomic E-state index is -0.535. The Bertz CT molecular complexity index is 1890. The molecule has 4 aromatic carbocycles. The van der Waals surface area contributed by atoms with Crippen LogP contribution < -0.4 is 16.5 Å². The van der Waals surface area contributed by atoms with Gasteiger partial charge in [-0.2, -0.15) is 0 Å². The quantitative estimate of drug-likeness (QED) is 0.268. The number of hydrogen-bond acceptors (Lipinski definition) is 5. The summed E-state index contributed by atoms with van der Waals surface area (Å²) in [6.07, 6.45) is 0.440. The molecule has 0 saturated carbocycles. The molecular formula is C31H23FN4O3. The molecule has 7 nitrogen and oxygen atoms in total. The maximum atomic E-state index is 14.4. The van der Waals surface area contributed by atoms with E-state index in [4.69, 9.17) is 15.1 Å². The molecule has 6 rings (SSSR count). The number of para-hydroxylation sites is 1. The number of nitrogens with zero attached hydrogens (tertiary/aromatic N) is 2. The Kier molecular flexibility index (Phi) is 6.13. The molecule has 0 unspecified atom stereocenters. The maximum Gasteiger partial charge on any atom is 0.248 e. The summed E-state index contributed by atoms with van der Waals surface area (Å²) in [5.41, 5.74) is 9.31. The first-order valence-electron chi connectivity index (χ1n) is 12.4. The van der Waals surface area contributed by atoms with Gasteiger partial charge in [-0.15, -0.1) is 0 Å². The highest BCUT2D eigenvalue weighted by molar-refractivity contribution is 5.95. The molecule has 0 fully saturated rings. The Morgan fingerprint density at radius 2 is 1.69 bits per heavy atom. The normalized spacial score (nSPS) is 11.2. The van der Waals surface area contributed by atoms with E-state index in [0.29, 0.717) is 57.9 Å². The molecule has 2 aromatic heterocycles. The number of carbonyl (C=O) groups is 1. The molecule has 1 amide bonds. The second kappa shape index (κ2) is 9.90. The lowest BCUT2D eigenvalue weighted by molar-refractivity contribution is 0.100. The highest BCUT2D eigenvalue weighted by Gasteiger charge is 2.16. The van der Waals surface area contributed by atoms with Crippen molar-refractivity contribution < 1.29 is 13.6 Å². The molecular weight excluding hydrogens is 495 g/mol. The van der Waals surface area contributed by atoms with Crippen LogP contribution in [0.5, 0.6) is 0 Å². The number of aryl methyl sites for hydroxylation is 2. The van der Waals surface area contributed by atoms with E-state index in [9.17, 15) is 14.0 Å². The molecule has 8 heteroatoms.